The molecule has 1 saturated carbocycles. The SMILES string of the molecule is CN(C)CC(NC(=O)Nc1ccccc1SC1CCCC1)c1ccccc1. The van der Waals surface area contributed by atoms with Crippen molar-refractivity contribution in [1.82, 2.24) is 10.2 Å². The summed E-state index contributed by atoms with van der Waals surface area (Å²) in [6.45, 7) is 0.746. The predicted octanol–water partition coefficient (Wildman–Crippen LogP) is 5.15. The molecule has 2 aromatic carbocycles. The van der Waals surface area contributed by atoms with Crippen LogP contribution in [0, 0.1) is 0 Å². The molecule has 0 saturated heterocycles. The number of likely N-dealkylation sites (N-methyl/N-ethyl adjacent to an activating group) is 1. The van der Waals surface area contributed by atoms with E-state index < -0.39 is 0 Å². The lowest BCUT2D eigenvalue weighted by Gasteiger charge is -2.23. The van der Waals surface area contributed by atoms with Crippen LogP contribution >= 0.6 is 11.8 Å². The average Bonchev–Trinajstić information content (AvgIpc) is 3.16. The molecule has 0 bridgehead atoms. The largest absolute Gasteiger partial charge is 0.330 e. The van der Waals surface area contributed by atoms with Gasteiger partial charge in [0.1, 0.15) is 0 Å². The number of thioether (sulfide) groups is 1. The van der Waals surface area contributed by atoms with E-state index in [0.717, 1.165) is 22.7 Å². The summed E-state index contributed by atoms with van der Waals surface area (Å²) in [5.74, 6) is 0. The Kier molecular flexibility index (Phi) is 7.18. The van der Waals surface area contributed by atoms with Crippen molar-refractivity contribution in [3.8, 4) is 0 Å². The molecule has 3 rings (SSSR count). The molecular formula is C22H29N3OS. The summed E-state index contributed by atoms with van der Waals surface area (Å²) >= 11 is 1.90. The molecule has 0 spiro atoms. The molecular weight excluding hydrogens is 354 g/mol. The van der Waals surface area contributed by atoms with Gasteiger partial charge in [0.2, 0.25) is 0 Å². The lowest BCUT2D eigenvalue weighted by molar-refractivity contribution is 0.244. The quantitative estimate of drug-likeness (QED) is 0.695. The van der Waals surface area contributed by atoms with Crippen LogP contribution in [0.25, 0.3) is 0 Å². The van der Waals surface area contributed by atoms with Crippen LogP contribution < -0.4 is 10.6 Å². The molecule has 1 atom stereocenters. The summed E-state index contributed by atoms with van der Waals surface area (Å²) < 4.78 is 0. The molecule has 2 amide bonds. The molecule has 0 heterocycles. The molecule has 1 fully saturated rings. The van der Waals surface area contributed by atoms with Crippen LogP contribution in [0.15, 0.2) is 59.5 Å². The lowest BCUT2D eigenvalue weighted by atomic mass is 10.1. The number of nitrogens with zero attached hydrogens (tertiary/aromatic N) is 1. The fourth-order valence-electron chi connectivity index (χ4n) is 3.46. The van der Waals surface area contributed by atoms with Crippen molar-refractivity contribution in [1.29, 1.82) is 0 Å². The molecule has 5 heteroatoms. The van der Waals surface area contributed by atoms with Gasteiger partial charge in [0.15, 0.2) is 0 Å². The summed E-state index contributed by atoms with van der Waals surface area (Å²) in [6.07, 6.45) is 5.17. The van der Waals surface area contributed by atoms with Crippen LogP contribution in [0.5, 0.6) is 0 Å². The number of anilines is 1. The van der Waals surface area contributed by atoms with Crippen molar-refractivity contribution in [2.24, 2.45) is 0 Å². The molecule has 1 aliphatic carbocycles. The number of nitrogens with one attached hydrogen (secondary N) is 2. The van der Waals surface area contributed by atoms with E-state index in [2.05, 4.69) is 33.7 Å². The number of benzene rings is 2. The van der Waals surface area contributed by atoms with Gasteiger partial charge in [0, 0.05) is 16.7 Å². The highest BCUT2D eigenvalue weighted by molar-refractivity contribution is 8.00. The minimum atomic E-state index is -0.162. The predicted molar refractivity (Wildman–Crippen MR) is 114 cm³/mol. The van der Waals surface area contributed by atoms with Crippen LogP contribution in [0.4, 0.5) is 10.5 Å². The highest BCUT2D eigenvalue weighted by Crippen LogP contribution is 2.38. The maximum absolute atomic E-state index is 12.7. The second-order valence-corrected chi connectivity index (χ2v) is 8.69. The van der Waals surface area contributed by atoms with Gasteiger partial charge in [0.05, 0.1) is 11.7 Å². The van der Waals surface area contributed by atoms with E-state index in [9.17, 15) is 4.79 Å². The van der Waals surface area contributed by atoms with Gasteiger partial charge in [0.25, 0.3) is 0 Å². The van der Waals surface area contributed by atoms with Gasteiger partial charge in [-0.1, -0.05) is 55.3 Å². The summed E-state index contributed by atoms with van der Waals surface area (Å²) in [5.41, 5.74) is 2.00. The van der Waals surface area contributed by atoms with Crippen LogP contribution in [-0.2, 0) is 0 Å². The lowest BCUT2D eigenvalue weighted by Crippen LogP contribution is -2.37. The number of urea groups is 1. The van der Waals surface area contributed by atoms with Crippen molar-refractivity contribution in [3.05, 3.63) is 60.2 Å². The Labute approximate surface area is 166 Å². The molecule has 27 heavy (non-hydrogen) atoms. The van der Waals surface area contributed by atoms with E-state index in [0.29, 0.717) is 5.25 Å². The number of rotatable bonds is 7. The third-order valence-corrected chi connectivity index (χ3v) is 6.20. The Morgan fingerprint density at radius 3 is 2.44 bits per heavy atom. The molecule has 1 aliphatic rings. The summed E-state index contributed by atoms with van der Waals surface area (Å²) in [6, 6.07) is 18.0. The third-order valence-electron chi connectivity index (χ3n) is 4.79. The number of carbonyl (C=O) groups excluding carboxylic acids is 1. The van der Waals surface area contributed by atoms with Crippen LogP contribution in [-0.4, -0.2) is 36.8 Å². The van der Waals surface area contributed by atoms with Crippen molar-refractivity contribution >= 4 is 23.5 Å². The third kappa shape index (κ3) is 6.01. The van der Waals surface area contributed by atoms with E-state index in [1.54, 1.807) is 0 Å². The van der Waals surface area contributed by atoms with Gasteiger partial charge in [-0.3, -0.25) is 0 Å². The first kappa shape index (κ1) is 19.8. The zero-order valence-corrected chi connectivity index (χ0v) is 17.0. The van der Waals surface area contributed by atoms with Crippen LogP contribution in [0.3, 0.4) is 0 Å². The van der Waals surface area contributed by atoms with Gasteiger partial charge in [-0.25, -0.2) is 4.79 Å². The van der Waals surface area contributed by atoms with E-state index in [1.807, 2.05) is 62.3 Å². The van der Waals surface area contributed by atoms with Crippen molar-refractivity contribution in [3.63, 3.8) is 0 Å². The maximum atomic E-state index is 12.7. The topological polar surface area (TPSA) is 44.4 Å². The Hall–Kier alpha value is -1.98. The maximum Gasteiger partial charge on any atom is 0.319 e. The van der Waals surface area contributed by atoms with Gasteiger partial charge >= 0.3 is 6.03 Å². The fraction of sp³-hybridized carbons (Fsp3) is 0.409. The second kappa shape index (κ2) is 9.81. The zero-order valence-electron chi connectivity index (χ0n) is 16.2. The first-order valence-electron chi connectivity index (χ1n) is 9.64. The van der Waals surface area contributed by atoms with Crippen LogP contribution in [0.1, 0.15) is 37.3 Å². The fourth-order valence-corrected chi connectivity index (χ4v) is 4.79. The van der Waals surface area contributed by atoms with E-state index in [4.69, 9.17) is 0 Å². The van der Waals surface area contributed by atoms with Crippen molar-refractivity contribution < 1.29 is 4.79 Å². The monoisotopic (exact) mass is 383 g/mol. The second-order valence-electron chi connectivity index (χ2n) is 7.34. The number of carbonyl (C=O) groups is 1. The standard InChI is InChI=1S/C22H29N3OS/c1-25(2)16-20(17-10-4-3-5-11-17)24-22(26)23-19-14-8-9-15-21(19)27-18-12-6-7-13-18/h3-5,8-11,14-15,18,20H,6-7,12-13,16H2,1-2H3,(H2,23,24,26). The summed E-state index contributed by atoms with van der Waals surface area (Å²) in [4.78, 5) is 16.0. The number of para-hydroxylation sites is 1. The van der Waals surface area contributed by atoms with E-state index in [1.165, 1.54) is 25.7 Å². The number of hydrogen-bond acceptors (Lipinski definition) is 3. The molecule has 0 aliphatic heterocycles. The van der Waals surface area contributed by atoms with Gasteiger partial charge in [-0.05, 0) is 44.6 Å². The summed E-state index contributed by atoms with van der Waals surface area (Å²) in [7, 11) is 4.03. The Bertz CT molecular complexity index is 729. The van der Waals surface area contributed by atoms with Crippen molar-refractivity contribution in [2.45, 2.75) is 41.9 Å². The van der Waals surface area contributed by atoms with Gasteiger partial charge in [-0.15, -0.1) is 11.8 Å². The molecule has 0 radical (unpaired) electrons. The van der Waals surface area contributed by atoms with Crippen LogP contribution in [0.2, 0.25) is 0 Å². The number of hydrogen-bond donors (Lipinski definition) is 2. The van der Waals surface area contributed by atoms with E-state index >= 15 is 0 Å². The highest BCUT2D eigenvalue weighted by atomic mass is 32.2. The average molecular weight is 384 g/mol. The Morgan fingerprint density at radius 1 is 1.07 bits per heavy atom. The first-order chi connectivity index (χ1) is 13.1. The Balaban J connectivity index is 1.67. The zero-order chi connectivity index (χ0) is 19.1. The number of amides is 2. The molecule has 4 nitrogen and oxygen atoms in total. The summed E-state index contributed by atoms with van der Waals surface area (Å²) in [5, 5.41) is 6.87. The molecule has 144 valence electrons. The molecule has 2 aromatic rings. The van der Waals surface area contributed by atoms with Gasteiger partial charge in [-0.2, -0.15) is 0 Å². The van der Waals surface area contributed by atoms with E-state index in [-0.39, 0.29) is 12.1 Å². The first-order valence-corrected chi connectivity index (χ1v) is 10.5. The molecule has 2 N–H and O–H groups in total. The normalized spacial score (nSPS) is 15.7. The minimum Gasteiger partial charge on any atom is -0.330 e. The smallest absolute Gasteiger partial charge is 0.319 e. The highest BCUT2D eigenvalue weighted by Gasteiger charge is 2.19. The molecule has 0 aromatic heterocycles. The van der Waals surface area contributed by atoms with Gasteiger partial charge < -0.3 is 15.5 Å². The molecule has 1 unspecified atom stereocenters. The minimum absolute atomic E-state index is 0.0594. The van der Waals surface area contributed by atoms with Crippen molar-refractivity contribution in [2.75, 3.05) is 26.0 Å². The Morgan fingerprint density at radius 2 is 1.74 bits per heavy atom.